The number of hydrogen-bond acceptors (Lipinski definition) is 6. The van der Waals surface area contributed by atoms with E-state index in [2.05, 4.69) is 15.0 Å². The molecule has 0 amide bonds. The molecule has 1 aromatic carbocycles. The highest BCUT2D eigenvalue weighted by molar-refractivity contribution is 7.91. The van der Waals surface area contributed by atoms with Crippen molar-refractivity contribution < 1.29 is 8.42 Å². The molecule has 3 aromatic heterocycles. The minimum absolute atomic E-state index is 0.0678. The summed E-state index contributed by atoms with van der Waals surface area (Å²) in [5.74, 6) is 0. The molecule has 4 rings (SSSR count). The van der Waals surface area contributed by atoms with Gasteiger partial charge < -0.3 is 21.0 Å². The number of sulfone groups is 1. The molecule has 0 radical (unpaired) electrons. The Morgan fingerprint density at radius 3 is 2.78 bits per heavy atom. The highest BCUT2D eigenvalue weighted by Crippen LogP contribution is 2.31. The third kappa shape index (κ3) is 2.80. The van der Waals surface area contributed by atoms with Crippen molar-refractivity contribution in [2.75, 3.05) is 6.54 Å². The SMILES string of the molecule is Cc1ccccc1S(=O)(=O)c1nc2[nH]ccc2c2c1ncn2CC(N)CN. The van der Waals surface area contributed by atoms with Gasteiger partial charge in [-0.15, -0.1) is 0 Å². The predicted molar refractivity (Wildman–Crippen MR) is 103 cm³/mol. The van der Waals surface area contributed by atoms with E-state index in [1.165, 1.54) is 0 Å². The minimum atomic E-state index is -3.85. The Balaban J connectivity index is 2.03. The van der Waals surface area contributed by atoms with E-state index < -0.39 is 9.84 Å². The number of nitrogens with zero attached hydrogens (tertiary/aromatic N) is 3. The van der Waals surface area contributed by atoms with Crippen LogP contribution in [0.25, 0.3) is 22.1 Å². The molecule has 4 aromatic rings. The molecule has 0 aliphatic carbocycles. The number of benzene rings is 1. The monoisotopic (exact) mass is 384 g/mol. The van der Waals surface area contributed by atoms with Crippen LogP contribution in [0.4, 0.5) is 0 Å². The Morgan fingerprint density at radius 2 is 2.04 bits per heavy atom. The van der Waals surface area contributed by atoms with Crippen LogP contribution in [0.1, 0.15) is 5.56 Å². The number of aromatic nitrogens is 4. The van der Waals surface area contributed by atoms with E-state index in [9.17, 15) is 8.42 Å². The van der Waals surface area contributed by atoms with Crippen LogP contribution in [-0.4, -0.2) is 40.5 Å². The Bertz CT molecular complexity index is 1240. The molecule has 9 heteroatoms. The Kier molecular flexibility index (Phi) is 4.22. The van der Waals surface area contributed by atoms with Gasteiger partial charge in [0, 0.05) is 30.7 Å². The maximum absolute atomic E-state index is 13.4. The first-order valence-corrected chi connectivity index (χ1v) is 10.00. The van der Waals surface area contributed by atoms with Crippen molar-refractivity contribution in [2.45, 2.75) is 29.4 Å². The number of nitrogens with one attached hydrogen (secondary N) is 1. The van der Waals surface area contributed by atoms with Crippen molar-refractivity contribution in [2.24, 2.45) is 11.5 Å². The molecule has 1 atom stereocenters. The maximum atomic E-state index is 13.4. The van der Waals surface area contributed by atoms with E-state index in [0.29, 0.717) is 35.3 Å². The maximum Gasteiger partial charge on any atom is 0.226 e. The average Bonchev–Trinajstić information content (AvgIpc) is 3.27. The van der Waals surface area contributed by atoms with Gasteiger partial charge in [0.2, 0.25) is 9.84 Å². The second-order valence-corrected chi connectivity index (χ2v) is 8.35. The van der Waals surface area contributed by atoms with Crippen LogP contribution in [0.5, 0.6) is 0 Å². The number of hydrogen-bond donors (Lipinski definition) is 3. The number of nitrogens with two attached hydrogens (primary N) is 2. The van der Waals surface area contributed by atoms with Crippen LogP contribution >= 0.6 is 0 Å². The first-order valence-electron chi connectivity index (χ1n) is 8.51. The minimum Gasteiger partial charge on any atom is -0.346 e. The molecule has 3 heterocycles. The molecule has 8 nitrogen and oxygen atoms in total. The van der Waals surface area contributed by atoms with Gasteiger partial charge in [0.1, 0.15) is 11.2 Å². The fourth-order valence-electron chi connectivity index (χ4n) is 3.23. The van der Waals surface area contributed by atoms with Crippen LogP contribution in [0.15, 0.2) is 52.8 Å². The summed E-state index contributed by atoms with van der Waals surface area (Å²) in [6, 6.07) is 8.42. The number of H-pyrrole nitrogens is 1. The van der Waals surface area contributed by atoms with E-state index in [1.54, 1.807) is 43.7 Å². The molecular formula is C18H20N6O2S. The Labute approximate surface area is 156 Å². The van der Waals surface area contributed by atoms with Gasteiger partial charge in [0.15, 0.2) is 5.03 Å². The molecule has 27 heavy (non-hydrogen) atoms. The summed E-state index contributed by atoms with van der Waals surface area (Å²) in [5.41, 5.74) is 13.8. The fraction of sp³-hybridized carbons (Fsp3) is 0.222. The zero-order valence-electron chi connectivity index (χ0n) is 14.8. The van der Waals surface area contributed by atoms with E-state index in [0.717, 1.165) is 5.39 Å². The van der Waals surface area contributed by atoms with Crippen molar-refractivity contribution in [1.29, 1.82) is 0 Å². The lowest BCUT2D eigenvalue weighted by atomic mass is 10.2. The number of aryl methyl sites for hydroxylation is 1. The van der Waals surface area contributed by atoms with Crippen LogP contribution in [0.2, 0.25) is 0 Å². The van der Waals surface area contributed by atoms with Gasteiger partial charge in [-0.2, -0.15) is 0 Å². The Hall–Kier alpha value is -2.75. The van der Waals surface area contributed by atoms with E-state index in [4.69, 9.17) is 11.5 Å². The number of rotatable bonds is 5. The van der Waals surface area contributed by atoms with Crippen LogP contribution < -0.4 is 11.5 Å². The summed E-state index contributed by atoms with van der Waals surface area (Å²) in [6.07, 6.45) is 3.31. The largest absolute Gasteiger partial charge is 0.346 e. The Morgan fingerprint density at radius 1 is 1.26 bits per heavy atom. The molecule has 0 bridgehead atoms. The summed E-state index contributed by atoms with van der Waals surface area (Å²) in [7, 11) is -3.85. The highest BCUT2D eigenvalue weighted by atomic mass is 32.2. The molecular weight excluding hydrogens is 364 g/mol. The average molecular weight is 384 g/mol. The molecule has 140 valence electrons. The van der Waals surface area contributed by atoms with Crippen molar-refractivity contribution >= 4 is 31.9 Å². The zero-order chi connectivity index (χ0) is 19.2. The topological polar surface area (TPSA) is 133 Å². The van der Waals surface area contributed by atoms with Gasteiger partial charge >= 0.3 is 0 Å². The first-order chi connectivity index (χ1) is 12.9. The summed E-state index contributed by atoms with van der Waals surface area (Å²) in [4.78, 5) is 12.0. The molecule has 0 fully saturated rings. The predicted octanol–water partition coefficient (Wildman–Crippen LogP) is 1.34. The standard InChI is InChI=1S/C18H20N6O2S/c1-11-4-2-3-5-14(11)27(25,26)18-15-16(13-6-7-21-17(13)23-18)24(10-22-15)9-12(20)8-19/h2-7,10,12H,8-9,19-20H2,1H3,(H,21,23). The van der Waals surface area contributed by atoms with Crippen LogP contribution in [0, 0.1) is 6.92 Å². The summed E-state index contributed by atoms with van der Waals surface area (Å²) in [5, 5.41) is 0.720. The number of fused-ring (bicyclic) bond motifs is 3. The number of aromatic amines is 1. The molecule has 0 spiro atoms. The summed E-state index contributed by atoms with van der Waals surface area (Å²) < 4.78 is 28.5. The van der Waals surface area contributed by atoms with E-state index in [1.807, 2.05) is 10.6 Å². The summed E-state index contributed by atoms with van der Waals surface area (Å²) in [6.45, 7) is 2.51. The smallest absolute Gasteiger partial charge is 0.226 e. The molecule has 5 N–H and O–H groups in total. The van der Waals surface area contributed by atoms with Crippen LogP contribution in [-0.2, 0) is 16.4 Å². The van der Waals surface area contributed by atoms with Crippen LogP contribution in [0.3, 0.4) is 0 Å². The highest BCUT2D eigenvalue weighted by Gasteiger charge is 2.27. The van der Waals surface area contributed by atoms with Crippen molar-refractivity contribution in [3.63, 3.8) is 0 Å². The van der Waals surface area contributed by atoms with E-state index >= 15 is 0 Å². The van der Waals surface area contributed by atoms with Gasteiger partial charge in [-0.1, -0.05) is 18.2 Å². The fourth-order valence-corrected chi connectivity index (χ4v) is 4.81. The lowest BCUT2D eigenvalue weighted by Crippen LogP contribution is -2.33. The third-order valence-electron chi connectivity index (χ3n) is 4.61. The summed E-state index contributed by atoms with van der Waals surface area (Å²) >= 11 is 0. The molecule has 0 aliphatic heterocycles. The first kappa shape index (κ1) is 17.7. The van der Waals surface area contributed by atoms with E-state index in [-0.39, 0.29) is 16.0 Å². The quantitative estimate of drug-likeness (QED) is 0.475. The number of pyridine rings is 1. The number of imidazole rings is 1. The lowest BCUT2D eigenvalue weighted by molar-refractivity contribution is 0.570. The van der Waals surface area contributed by atoms with Gasteiger partial charge in [-0.3, -0.25) is 0 Å². The van der Waals surface area contributed by atoms with Crippen molar-refractivity contribution in [3.8, 4) is 0 Å². The normalized spacial score (nSPS) is 13.4. The molecule has 0 saturated heterocycles. The van der Waals surface area contributed by atoms with Gasteiger partial charge in [-0.25, -0.2) is 18.4 Å². The third-order valence-corrected chi connectivity index (χ3v) is 6.44. The van der Waals surface area contributed by atoms with Gasteiger partial charge in [0.25, 0.3) is 0 Å². The second-order valence-electron chi connectivity index (χ2n) is 6.52. The zero-order valence-corrected chi connectivity index (χ0v) is 15.6. The van der Waals surface area contributed by atoms with Crippen molar-refractivity contribution in [3.05, 3.63) is 48.4 Å². The molecule has 0 saturated carbocycles. The lowest BCUT2D eigenvalue weighted by Gasteiger charge is -2.12. The van der Waals surface area contributed by atoms with Gasteiger partial charge in [-0.05, 0) is 24.6 Å². The van der Waals surface area contributed by atoms with Crippen molar-refractivity contribution in [1.82, 2.24) is 19.5 Å². The molecule has 0 aliphatic rings. The van der Waals surface area contributed by atoms with Gasteiger partial charge in [0.05, 0.1) is 16.7 Å². The second kappa shape index (κ2) is 6.45. The molecule has 1 unspecified atom stereocenters.